The van der Waals surface area contributed by atoms with Crippen molar-refractivity contribution in [1.29, 1.82) is 0 Å². The molecule has 0 atom stereocenters. The van der Waals surface area contributed by atoms with E-state index in [1.165, 1.54) is 65.4 Å². The maximum Gasteiger partial charge on any atom is 0.0110 e. The van der Waals surface area contributed by atoms with Gasteiger partial charge >= 0.3 is 0 Å². The van der Waals surface area contributed by atoms with Crippen LogP contribution in [0.5, 0.6) is 0 Å². The Bertz CT molecular complexity index is 160. The first-order valence-electron chi connectivity index (χ1n) is 6.56. The molecule has 4 heteroatoms. The van der Waals surface area contributed by atoms with Crippen LogP contribution in [0, 0.1) is 0 Å². The van der Waals surface area contributed by atoms with E-state index in [-0.39, 0.29) is 0 Å². The van der Waals surface area contributed by atoms with Crippen molar-refractivity contribution in [2.24, 2.45) is 0 Å². The average molecular weight is 226 g/mol. The molecule has 0 aliphatic carbocycles. The summed E-state index contributed by atoms with van der Waals surface area (Å²) in [6.45, 7) is 12.8. The number of hydrogen-bond donors (Lipinski definition) is 0. The minimum Gasteiger partial charge on any atom is -0.304 e. The summed E-state index contributed by atoms with van der Waals surface area (Å²) in [6, 6.07) is 0. The van der Waals surface area contributed by atoms with Gasteiger partial charge < -0.3 is 9.80 Å². The van der Waals surface area contributed by atoms with Gasteiger partial charge in [0.05, 0.1) is 0 Å². The minimum atomic E-state index is 1.23. The zero-order chi connectivity index (χ0) is 11.4. The van der Waals surface area contributed by atoms with E-state index in [9.17, 15) is 0 Å². The second-order valence-electron chi connectivity index (χ2n) is 5.29. The highest BCUT2D eigenvalue weighted by Crippen LogP contribution is 2.06. The first-order chi connectivity index (χ1) is 7.74. The summed E-state index contributed by atoms with van der Waals surface area (Å²) >= 11 is 0. The molecule has 0 unspecified atom stereocenters. The smallest absolute Gasteiger partial charge is 0.0110 e. The zero-order valence-electron chi connectivity index (χ0n) is 10.9. The Morgan fingerprint density at radius 1 is 0.438 bits per heavy atom. The van der Waals surface area contributed by atoms with Gasteiger partial charge in [-0.05, 0) is 14.1 Å². The Labute approximate surface area is 99.8 Å². The van der Waals surface area contributed by atoms with E-state index >= 15 is 0 Å². The molecule has 4 nitrogen and oxygen atoms in total. The first-order valence-corrected chi connectivity index (χ1v) is 6.56. The zero-order valence-corrected chi connectivity index (χ0v) is 10.9. The summed E-state index contributed by atoms with van der Waals surface area (Å²) in [5.74, 6) is 0. The monoisotopic (exact) mass is 226 g/mol. The third kappa shape index (κ3) is 3.70. The van der Waals surface area contributed by atoms with Gasteiger partial charge in [0.15, 0.2) is 0 Å². The Morgan fingerprint density at radius 3 is 0.875 bits per heavy atom. The molecule has 0 spiro atoms. The van der Waals surface area contributed by atoms with E-state index < -0.39 is 0 Å². The lowest BCUT2D eigenvalue weighted by atomic mass is 10.2. The number of nitrogens with zero attached hydrogens (tertiary/aromatic N) is 4. The van der Waals surface area contributed by atoms with Crippen LogP contribution in [0.15, 0.2) is 0 Å². The van der Waals surface area contributed by atoms with E-state index in [2.05, 4.69) is 33.7 Å². The van der Waals surface area contributed by atoms with Gasteiger partial charge in [-0.25, -0.2) is 0 Å². The summed E-state index contributed by atoms with van der Waals surface area (Å²) < 4.78 is 0. The van der Waals surface area contributed by atoms with Crippen LogP contribution in [0.3, 0.4) is 0 Å². The molecule has 4 saturated heterocycles. The molecule has 0 aromatic heterocycles. The second-order valence-corrected chi connectivity index (χ2v) is 5.29. The molecule has 16 heavy (non-hydrogen) atoms. The van der Waals surface area contributed by atoms with Crippen LogP contribution in [0.1, 0.15) is 0 Å². The fraction of sp³-hybridized carbons (Fsp3) is 1.00. The van der Waals surface area contributed by atoms with Crippen molar-refractivity contribution < 1.29 is 0 Å². The third-order valence-electron chi connectivity index (χ3n) is 3.92. The summed E-state index contributed by atoms with van der Waals surface area (Å²) in [5.41, 5.74) is 0. The number of fused-ring (bicyclic) bond motifs is 3. The Morgan fingerprint density at radius 2 is 0.688 bits per heavy atom. The molecular weight excluding hydrogens is 200 g/mol. The fourth-order valence-corrected chi connectivity index (χ4v) is 2.43. The van der Waals surface area contributed by atoms with Crippen molar-refractivity contribution in [3.8, 4) is 0 Å². The maximum atomic E-state index is 2.54. The van der Waals surface area contributed by atoms with Gasteiger partial charge in [-0.15, -0.1) is 0 Å². The molecule has 4 heterocycles. The van der Waals surface area contributed by atoms with Gasteiger partial charge in [-0.3, -0.25) is 9.80 Å². The molecule has 4 aliphatic heterocycles. The largest absolute Gasteiger partial charge is 0.304 e. The van der Waals surface area contributed by atoms with Crippen LogP contribution in [0.4, 0.5) is 0 Å². The lowest BCUT2D eigenvalue weighted by molar-refractivity contribution is 0.0647. The Hall–Kier alpha value is -0.160. The SMILES string of the molecule is C1CN2CCN1CC2.CN1CCN(C)CC1. The van der Waals surface area contributed by atoms with Crippen molar-refractivity contribution in [2.75, 3.05) is 79.5 Å². The molecule has 4 aliphatic rings. The van der Waals surface area contributed by atoms with Crippen molar-refractivity contribution >= 4 is 0 Å². The molecule has 0 amide bonds. The molecule has 0 radical (unpaired) electrons. The molecular formula is C12H26N4. The highest BCUT2D eigenvalue weighted by atomic mass is 15.3. The predicted molar refractivity (Wildman–Crippen MR) is 67.9 cm³/mol. The fourth-order valence-electron chi connectivity index (χ4n) is 2.43. The molecule has 2 bridgehead atoms. The topological polar surface area (TPSA) is 13.0 Å². The summed E-state index contributed by atoms with van der Waals surface area (Å²) in [6.07, 6.45) is 0. The van der Waals surface area contributed by atoms with Crippen LogP contribution < -0.4 is 0 Å². The van der Waals surface area contributed by atoms with Crippen molar-refractivity contribution in [1.82, 2.24) is 19.6 Å². The van der Waals surface area contributed by atoms with E-state index in [0.717, 1.165) is 0 Å². The predicted octanol–water partition coefficient (Wildman–Crippen LogP) is -0.519. The van der Waals surface area contributed by atoms with Gasteiger partial charge in [-0.2, -0.15) is 0 Å². The van der Waals surface area contributed by atoms with Gasteiger partial charge in [0, 0.05) is 65.4 Å². The number of piperazine rings is 4. The van der Waals surface area contributed by atoms with Gasteiger partial charge in [-0.1, -0.05) is 0 Å². The van der Waals surface area contributed by atoms with E-state index in [4.69, 9.17) is 0 Å². The number of hydrogen-bond acceptors (Lipinski definition) is 4. The Balaban J connectivity index is 0.000000120. The molecule has 0 aromatic carbocycles. The quantitative estimate of drug-likeness (QED) is 0.551. The average Bonchev–Trinajstić information content (AvgIpc) is 2.36. The molecule has 0 aromatic rings. The standard InChI is InChI=1S/C6H12N2.C6H14N2/c1-2-8-5-3-7(1)4-6-8;1-7-3-5-8(2)6-4-7/h1-6H2;3-6H2,1-2H3. The molecule has 4 fully saturated rings. The van der Waals surface area contributed by atoms with Crippen molar-refractivity contribution in [3.63, 3.8) is 0 Å². The van der Waals surface area contributed by atoms with E-state index in [1.807, 2.05) is 0 Å². The van der Waals surface area contributed by atoms with Gasteiger partial charge in [0.1, 0.15) is 0 Å². The third-order valence-corrected chi connectivity index (χ3v) is 3.92. The maximum absolute atomic E-state index is 2.54. The van der Waals surface area contributed by atoms with Crippen molar-refractivity contribution in [2.45, 2.75) is 0 Å². The van der Waals surface area contributed by atoms with Crippen LogP contribution in [0.2, 0.25) is 0 Å². The highest BCUT2D eigenvalue weighted by Gasteiger charge is 2.21. The lowest BCUT2D eigenvalue weighted by Gasteiger charge is -2.41. The van der Waals surface area contributed by atoms with Crippen LogP contribution >= 0.6 is 0 Å². The number of rotatable bonds is 0. The minimum absolute atomic E-state index is 1.23. The molecule has 94 valence electrons. The van der Waals surface area contributed by atoms with E-state index in [0.29, 0.717) is 0 Å². The van der Waals surface area contributed by atoms with Gasteiger partial charge in [0.25, 0.3) is 0 Å². The Kier molecular flexibility index (Phi) is 4.58. The summed E-state index contributed by atoms with van der Waals surface area (Å²) in [4.78, 5) is 9.81. The first kappa shape index (κ1) is 12.3. The molecule has 0 saturated carbocycles. The lowest BCUT2D eigenvalue weighted by Crippen LogP contribution is -2.55. The van der Waals surface area contributed by atoms with Crippen molar-refractivity contribution in [3.05, 3.63) is 0 Å². The number of likely N-dealkylation sites (N-methyl/N-ethyl adjacent to an activating group) is 2. The van der Waals surface area contributed by atoms with E-state index in [1.54, 1.807) is 0 Å². The van der Waals surface area contributed by atoms with Crippen LogP contribution in [0.25, 0.3) is 0 Å². The summed E-state index contributed by atoms with van der Waals surface area (Å²) in [5, 5.41) is 0. The van der Waals surface area contributed by atoms with Gasteiger partial charge in [0.2, 0.25) is 0 Å². The highest BCUT2D eigenvalue weighted by molar-refractivity contribution is 4.78. The van der Waals surface area contributed by atoms with Crippen LogP contribution in [-0.4, -0.2) is 99.1 Å². The molecule has 4 rings (SSSR count). The summed E-state index contributed by atoms with van der Waals surface area (Å²) in [7, 11) is 4.35. The van der Waals surface area contributed by atoms with Crippen LogP contribution in [-0.2, 0) is 0 Å². The molecule has 0 N–H and O–H groups in total. The second kappa shape index (κ2) is 5.96. The normalized spacial score (nSPS) is 35.6.